The number of hydrogen-bond acceptors (Lipinski definition) is 4. The molecule has 2 atom stereocenters. The minimum Gasteiger partial charge on any atom is -0.480 e. The molecule has 7 nitrogen and oxygen atoms in total. The van der Waals surface area contributed by atoms with Gasteiger partial charge in [-0.2, -0.15) is 0 Å². The van der Waals surface area contributed by atoms with Gasteiger partial charge >= 0.3 is 5.97 Å². The summed E-state index contributed by atoms with van der Waals surface area (Å²) in [7, 11) is 0. The molecule has 0 spiro atoms. The van der Waals surface area contributed by atoms with Gasteiger partial charge in [0, 0.05) is 47.2 Å². The molecule has 1 amide bonds. The van der Waals surface area contributed by atoms with Gasteiger partial charge in [0.15, 0.2) is 5.60 Å². The number of halogens is 1. The molecule has 0 unspecified atom stereocenters. The third-order valence-corrected chi connectivity index (χ3v) is 6.38. The highest BCUT2D eigenvalue weighted by atomic mass is 19.1. The van der Waals surface area contributed by atoms with E-state index in [-0.39, 0.29) is 19.6 Å². The first-order valence-electron chi connectivity index (χ1n) is 10.3. The monoisotopic (exact) mass is 436 g/mol. The van der Waals surface area contributed by atoms with Crippen molar-refractivity contribution in [3.8, 4) is 0 Å². The smallest absolute Gasteiger partial charge is 0.323 e. The van der Waals surface area contributed by atoms with Gasteiger partial charge in [0.2, 0.25) is 0 Å². The Hall–Kier alpha value is -3.49. The Bertz CT molecular complexity index is 1300. The summed E-state index contributed by atoms with van der Waals surface area (Å²) >= 11 is 0. The van der Waals surface area contributed by atoms with E-state index in [1.165, 1.54) is 29.2 Å². The van der Waals surface area contributed by atoms with Gasteiger partial charge < -0.3 is 24.8 Å². The fraction of sp³-hybridized carbons (Fsp3) is 0.250. The van der Waals surface area contributed by atoms with Crippen LogP contribution in [0.5, 0.6) is 0 Å². The number of fused-ring (bicyclic) bond motifs is 4. The summed E-state index contributed by atoms with van der Waals surface area (Å²) in [6, 6.07) is 11.0. The lowest BCUT2D eigenvalue weighted by Gasteiger charge is -2.39. The molecule has 32 heavy (non-hydrogen) atoms. The molecule has 3 aromatic rings. The van der Waals surface area contributed by atoms with Crippen LogP contribution in [-0.4, -0.2) is 49.3 Å². The number of benzene rings is 2. The second kappa shape index (κ2) is 7.29. The highest BCUT2D eigenvalue weighted by molar-refractivity contribution is 5.92. The van der Waals surface area contributed by atoms with E-state index in [0.717, 1.165) is 5.69 Å². The Kier molecular flexibility index (Phi) is 4.65. The van der Waals surface area contributed by atoms with Gasteiger partial charge in [-0.1, -0.05) is 36.4 Å². The molecular weight excluding hydrogens is 415 g/mol. The fourth-order valence-corrected chi connectivity index (χ4v) is 4.88. The zero-order chi connectivity index (χ0) is 22.6. The Balaban J connectivity index is 1.57. The predicted molar refractivity (Wildman–Crippen MR) is 114 cm³/mol. The number of nitrogens with zero attached hydrogens (tertiary/aromatic N) is 2. The van der Waals surface area contributed by atoms with Crippen molar-refractivity contribution in [2.24, 2.45) is 0 Å². The number of aliphatic hydroxyl groups is 2. The van der Waals surface area contributed by atoms with Crippen LogP contribution in [0.15, 0.2) is 48.5 Å². The fourth-order valence-electron chi connectivity index (χ4n) is 4.88. The van der Waals surface area contributed by atoms with Crippen LogP contribution in [0, 0.1) is 5.82 Å². The van der Waals surface area contributed by atoms with E-state index in [4.69, 9.17) is 0 Å². The first kappa shape index (κ1) is 20.4. The Morgan fingerprint density at radius 3 is 2.75 bits per heavy atom. The van der Waals surface area contributed by atoms with E-state index in [9.17, 15) is 29.3 Å². The number of aliphatic hydroxyl groups excluding tert-OH is 1. The molecule has 1 aromatic heterocycles. The summed E-state index contributed by atoms with van der Waals surface area (Å²) in [6.45, 7) is 0.0268. The largest absolute Gasteiger partial charge is 0.480 e. The summed E-state index contributed by atoms with van der Waals surface area (Å²) < 4.78 is 15.7. The Labute approximate surface area is 182 Å². The van der Waals surface area contributed by atoms with Gasteiger partial charge in [-0.3, -0.25) is 9.59 Å². The highest BCUT2D eigenvalue weighted by Crippen LogP contribution is 2.38. The molecule has 164 valence electrons. The molecule has 8 heteroatoms. The van der Waals surface area contributed by atoms with E-state index in [1.807, 2.05) is 0 Å². The third-order valence-electron chi connectivity index (χ3n) is 6.38. The maximum atomic E-state index is 14.0. The van der Waals surface area contributed by atoms with Crippen molar-refractivity contribution >= 4 is 28.9 Å². The number of amides is 1. The van der Waals surface area contributed by atoms with Gasteiger partial charge in [0.05, 0.1) is 0 Å². The summed E-state index contributed by atoms with van der Waals surface area (Å²) in [5.41, 5.74) is 0.786. The maximum Gasteiger partial charge on any atom is 0.323 e. The minimum absolute atomic E-state index is 0.0711. The maximum absolute atomic E-state index is 14.0. The molecule has 0 fully saturated rings. The number of aromatic nitrogens is 1. The van der Waals surface area contributed by atoms with Crippen LogP contribution in [0.1, 0.15) is 22.4 Å². The Morgan fingerprint density at radius 2 is 1.97 bits per heavy atom. The molecule has 0 radical (unpaired) electrons. The molecule has 5 rings (SSSR count). The van der Waals surface area contributed by atoms with Crippen molar-refractivity contribution < 1.29 is 29.3 Å². The van der Waals surface area contributed by atoms with E-state index in [1.54, 1.807) is 34.9 Å². The van der Waals surface area contributed by atoms with Gasteiger partial charge in [-0.15, -0.1) is 0 Å². The van der Waals surface area contributed by atoms with Gasteiger partial charge in [-0.25, -0.2) is 4.39 Å². The van der Waals surface area contributed by atoms with E-state index < -0.39 is 29.4 Å². The number of rotatable bonds is 3. The number of carbonyl (C=O) groups is 2. The van der Waals surface area contributed by atoms with Crippen molar-refractivity contribution in [2.75, 3.05) is 6.54 Å². The predicted octanol–water partition coefficient (Wildman–Crippen LogP) is 2.03. The normalized spacial score (nSPS) is 22.0. The van der Waals surface area contributed by atoms with Crippen LogP contribution in [-0.2, 0) is 34.7 Å². The van der Waals surface area contributed by atoms with Crippen molar-refractivity contribution in [3.63, 3.8) is 0 Å². The molecular formula is C24H21FN2O5. The van der Waals surface area contributed by atoms with Crippen molar-refractivity contribution in [1.82, 2.24) is 9.47 Å². The summed E-state index contributed by atoms with van der Waals surface area (Å²) in [6.07, 6.45) is 1.98. The zero-order valence-electron chi connectivity index (χ0n) is 17.0. The highest BCUT2D eigenvalue weighted by Gasteiger charge is 2.49. The molecule has 3 N–H and O–H groups in total. The molecule has 1 aliphatic carbocycles. The quantitative estimate of drug-likeness (QED) is 0.583. The lowest BCUT2D eigenvalue weighted by atomic mass is 9.79. The average Bonchev–Trinajstić information content (AvgIpc) is 3.07. The van der Waals surface area contributed by atoms with Crippen LogP contribution in [0.4, 0.5) is 4.39 Å². The molecule has 0 saturated heterocycles. The van der Waals surface area contributed by atoms with Crippen LogP contribution < -0.4 is 0 Å². The zero-order valence-corrected chi connectivity index (χ0v) is 17.0. The number of carboxylic acids is 1. The molecule has 1 aliphatic heterocycles. The van der Waals surface area contributed by atoms with Crippen LogP contribution in [0.2, 0.25) is 0 Å². The van der Waals surface area contributed by atoms with E-state index in [0.29, 0.717) is 34.0 Å². The Morgan fingerprint density at radius 1 is 1.19 bits per heavy atom. The topological polar surface area (TPSA) is 103 Å². The number of hydrogen-bond donors (Lipinski definition) is 3. The molecule has 0 bridgehead atoms. The van der Waals surface area contributed by atoms with Crippen LogP contribution >= 0.6 is 0 Å². The number of carbonyl (C=O) groups excluding carboxylic acids is 1. The van der Waals surface area contributed by atoms with Crippen LogP contribution in [0.25, 0.3) is 17.0 Å². The first-order chi connectivity index (χ1) is 15.3. The van der Waals surface area contributed by atoms with Crippen LogP contribution in [0.3, 0.4) is 0 Å². The second-order valence-corrected chi connectivity index (χ2v) is 8.20. The van der Waals surface area contributed by atoms with E-state index >= 15 is 0 Å². The molecule has 0 saturated carbocycles. The van der Waals surface area contributed by atoms with Gasteiger partial charge in [0.25, 0.3) is 5.91 Å². The van der Waals surface area contributed by atoms with E-state index in [2.05, 4.69) is 0 Å². The number of carboxylic acid groups (broad SMARTS) is 1. The molecule has 2 aromatic carbocycles. The van der Waals surface area contributed by atoms with Crippen molar-refractivity contribution in [3.05, 3.63) is 76.7 Å². The van der Waals surface area contributed by atoms with Crippen molar-refractivity contribution in [2.45, 2.75) is 31.2 Å². The van der Waals surface area contributed by atoms with Gasteiger partial charge in [0.1, 0.15) is 18.5 Å². The summed E-state index contributed by atoms with van der Waals surface area (Å²) in [4.78, 5) is 26.4. The average molecular weight is 436 g/mol. The second-order valence-electron chi connectivity index (χ2n) is 8.20. The summed E-state index contributed by atoms with van der Waals surface area (Å²) in [5, 5.41) is 31.9. The van der Waals surface area contributed by atoms with Crippen molar-refractivity contribution in [1.29, 1.82) is 0 Å². The first-order valence-corrected chi connectivity index (χ1v) is 10.3. The standard InChI is InChI=1S/C24H21FN2O5/c25-15-6-7-19-16(11-15)17-12-26(10-9-20(17)27(19)13-22(29)30)23(31)24(32)18-4-2-1-3-14(18)5-8-21(24)28/h1-8,11,21,28,32H,9-10,12-13H2,(H,29,30)/t21-,24-/m1/s1. The molecule has 2 heterocycles. The lowest BCUT2D eigenvalue weighted by molar-refractivity contribution is -0.164. The SMILES string of the molecule is O=C(O)Cn1c2c(c3cc(F)ccc31)CN(C(=O)[C@@]1(O)c3ccccc3C=C[C@H]1O)CC2. The molecule has 2 aliphatic rings. The lowest BCUT2D eigenvalue weighted by Crippen LogP contribution is -2.55. The third kappa shape index (κ3) is 2.95. The minimum atomic E-state index is -2.15. The summed E-state index contributed by atoms with van der Waals surface area (Å²) in [5.74, 6) is -2.13. The number of aliphatic carboxylic acids is 1. The van der Waals surface area contributed by atoms with Gasteiger partial charge in [-0.05, 0) is 23.8 Å².